The zero-order chi connectivity index (χ0) is 12.9. The summed E-state index contributed by atoms with van der Waals surface area (Å²) in [6.45, 7) is 13.4. The van der Waals surface area contributed by atoms with Gasteiger partial charge in [-0.15, -0.1) is 0 Å². The van der Waals surface area contributed by atoms with Crippen LogP contribution in [0.1, 0.15) is 40.5 Å². The number of rotatable bonds is 6. The normalized spacial score (nSPS) is 25.4. The fourth-order valence-electron chi connectivity index (χ4n) is 2.85. The third-order valence-electron chi connectivity index (χ3n) is 4.47. The lowest BCUT2D eigenvalue weighted by Gasteiger charge is -2.50. The highest BCUT2D eigenvalue weighted by molar-refractivity contribution is 4.98. The molecule has 0 aromatic heterocycles. The maximum absolute atomic E-state index is 5.26. The lowest BCUT2D eigenvalue weighted by Crippen LogP contribution is -2.65. The van der Waals surface area contributed by atoms with Crippen LogP contribution in [0.25, 0.3) is 0 Å². The first-order valence-electron chi connectivity index (χ1n) is 7.07. The smallest absolute Gasteiger partial charge is 0.0589 e. The van der Waals surface area contributed by atoms with Crippen LogP contribution in [0.15, 0.2) is 0 Å². The van der Waals surface area contributed by atoms with Crippen LogP contribution in [-0.4, -0.2) is 49.8 Å². The summed E-state index contributed by atoms with van der Waals surface area (Å²) in [4.78, 5) is 2.65. The SMILES string of the molecule is CCC1(CC)CNC(C(C)C)CN1CCOC. The molecule has 1 heterocycles. The number of nitrogens with zero attached hydrogens (tertiary/aromatic N) is 1. The Labute approximate surface area is 107 Å². The molecular weight excluding hydrogens is 212 g/mol. The van der Waals surface area contributed by atoms with Gasteiger partial charge in [-0.1, -0.05) is 27.7 Å². The summed E-state index contributed by atoms with van der Waals surface area (Å²) in [6.07, 6.45) is 2.43. The van der Waals surface area contributed by atoms with Crippen LogP contribution in [0.5, 0.6) is 0 Å². The zero-order valence-corrected chi connectivity index (χ0v) is 12.3. The van der Waals surface area contributed by atoms with Crippen molar-refractivity contribution >= 4 is 0 Å². The third-order valence-corrected chi connectivity index (χ3v) is 4.47. The molecular formula is C14H30N2O. The van der Waals surface area contributed by atoms with Crippen LogP contribution in [0, 0.1) is 5.92 Å². The minimum absolute atomic E-state index is 0.337. The predicted octanol–water partition coefficient (Wildman–Crippen LogP) is 2.12. The van der Waals surface area contributed by atoms with Crippen LogP contribution < -0.4 is 5.32 Å². The monoisotopic (exact) mass is 242 g/mol. The van der Waals surface area contributed by atoms with E-state index in [2.05, 4.69) is 37.9 Å². The Balaban J connectivity index is 2.71. The van der Waals surface area contributed by atoms with Gasteiger partial charge in [0, 0.05) is 38.3 Å². The van der Waals surface area contributed by atoms with Gasteiger partial charge in [0.2, 0.25) is 0 Å². The Morgan fingerprint density at radius 1 is 1.35 bits per heavy atom. The van der Waals surface area contributed by atoms with E-state index < -0.39 is 0 Å². The van der Waals surface area contributed by atoms with E-state index >= 15 is 0 Å². The predicted molar refractivity (Wildman–Crippen MR) is 73.4 cm³/mol. The Morgan fingerprint density at radius 3 is 2.47 bits per heavy atom. The molecule has 1 fully saturated rings. The second-order valence-electron chi connectivity index (χ2n) is 5.60. The van der Waals surface area contributed by atoms with E-state index in [1.807, 2.05) is 0 Å². The fourth-order valence-corrected chi connectivity index (χ4v) is 2.85. The number of piperazine rings is 1. The van der Waals surface area contributed by atoms with Crippen molar-refractivity contribution < 1.29 is 4.74 Å². The summed E-state index contributed by atoms with van der Waals surface area (Å²) in [6, 6.07) is 0.623. The first-order valence-corrected chi connectivity index (χ1v) is 7.07. The molecule has 1 unspecified atom stereocenters. The van der Waals surface area contributed by atoms with Gasteiger partial charge in [-0.25, -0.2) is 0 Å². The Bertz CT molecular complexity index is 214. The number of methoxy groups -OCH3 is 1. The van der Waals surface area contributed by atoms with E-state index in [9.17, 15) is 0 Å². The molecule has 0 spiro atoms. The molecule has 102 valence electrons. The summed E-state index contributed by atoms with van der Waals surface area (Å²) >= 11 is 0. The summed E-state index contributed by atoms with van der Waals surface area (Å²) in [5.74, 6) is 0.701. The average Bonchev–Trinajstić information content (AvgIpc) is 2.35. The van der Waals surface area contributed by atoms with E-state index in [-0.39, 0.29) is 0 Å². The van der Waals surface area contributed by atoms with Crippen molar-refractivity contribution in [3.05, 3.63) is 0 Å². The molecule has 1 saturated heterocycles. The fraction of sp³-hybridized carbons (Fsp3) is 1.00. The van der Waals surface area contributed by atoms with Gasteiger partial charge in [0.25, 0.3) is 0 Å². The van der Waals surface area contributed by atoms with Crippen LogP contribution in [0.3, 0.4) is 0 Å². The molecule has 0 aliphatic carbocycles. The second kappa shape index (κ2) is 6.72. The molecule has 0 amide bonds. The molecule has 3 heteroatoms. The Morgan fingerprint density at radius 2 is 2.00 bits per heavy atom. The minimum atomic E-state index is 0.337. The molecule has 0 aromatic carbocycles. The molecule has 1 N–H and O–H groups in total. The van der Waals surface area contributed by atoms with Crippen molar-refractivity contribution in [2.24, 2.45) is 5.92 Å². The van der Waals surface area contributed by atoms with Crippen LogP contribution in [-0.2, 0) is 4.74 Å². The topological polar surface area (TPSA) is 24.5 Å². The van der Waals surface area contributed by atoms with Gasteiger partial charge in [-0.3, -0.25) is 4.90 Å². The highest BCUT2D eigenvalue weighted by Gasteiger charge is 2.39. The molecule has 0 saturated carbocycles. The van der Waals surface area contributed by atoms with Gasteiger partial charge < -0.3 is 10.1 Å². The standard InChI is InChI=1S/C14H30N2O/c1-6-14(7-2)11-15-13(12(3)4)10-16(14)8-9-17-5/h12-13,15H,6-11H2,1-5H3. The molecule has 17 heavy (non-hydrogen) atoms. The maximum atomic E-state index is 5.26. The lowest BCUT2D eigenvalue weighted by molar-refractivity contribution is 0.00498. The van der Waals surface area contributed by atoms with E-state index in [4.69, 9.17) is 4.74 Å². The maximum Gasteiger partial charge on any atom is 0.0589 e. The van der Waals surface area contributed by atoms with E-state index in [0.717, 1.165) is 26.2 Å². The lowest BCUT2D eigenvalue weighted by atomic mass is 9.85. The molecule has 1 aliphatic rings. The first kappa shape index (κ1) is 14.9. The van der Waals surface area contributed by atoms with Crippen molar-refractivity contribution in [2.75, 3.05) is 33.4 Å². The van der Waals surface area contributed by atoms with Gasteiger partial charge in [0.1, 0.15) is 0 Å². The highest BCUT2D eigenvalue weighted by atomic mass is 16.5. The van der Waals surface area contributed by atoms with Gasteiger partial charge in [0.05, 0.1) is 6.61 Å². The van der Waals surface area contributed by atoms with Gasteiger partial charge >= 0.3 is 0 Å². The number of hydrogen-bond acceptors (Lipinski definition) is 3. The molecule has 0 aromatic rings. The molecule has 0 radical (unpaired) electrons. The highest BCUT2D eigenvalue weighted by Crippen LogP contribution is 2.28. The number of hydrogen-bond donors (Lipinski definition) is 1. The summed E-state index contributed by atoms with van der Waals surface area (Å²) in [5, 5.41) is 3.74. The molecule has 1 aliphatic heterocycles. The van der Waals surface area contributed by atoms with Crippen molar-refractivity contribution in [1.82, 2.24) is 10.2 Å². The van der Waals surface area contributed by atoms with Crippen molar-refractivity contribution in [3.63, 3.8) is 0 Å². The molecule has 3 nitrogen and oxygen atoms in total. The van der Waals surface area contributed by atoms with Crippen molar-refractivity contribution in [3.8, 4) is 0 Å². The van der Waals surface area contributed by atoms with Crippen LogP contribution >= 0.6 is 0 Å². The van der Waals surface area contributed by atoms with E-state index in [1.54, 1.807) is 7.11 Å². The van der Waals surface area contributed by atoms with Crippen molar-refractivity contribution in [1.29, 1.82) is 0 Å². The van der Waals surface area contributed by atoms with Crippen LogP contribution in [0.4, 0.5) is 0 Å². The van der Waals surface area contributed by atoms with E-state index in [0.29, 0.717) is 17.5 Å². The van der Waals surface area contributed by atoms with E-state index in [1.165, 1.54) is 12.8 Å². The summed E-state index contributed by atoms with van der Waals surface area (Å²) < 4.78 is 5.26. The average molecular weight is 242 g/mol. The Kier molecular flexibility index (Phi) is 5.90. The second-order valence-corrected chi connectivity index (χ2v) is 5.60. The van der Waals surface area contributed by atoms with Crippen LogP contribution in [0.2, 0.25) is 0 Å². The Hall–Kier alpha value is -0.120. The van der Waals surface area contributed by atoms with Gasteiger partial charge in [0.15, 0.2) is 0 Å². The third kappa shape index (κ3) is 3.43. The number of nitrogens with one attached hydrogen (secondary N) is 1. The summed E-state index contributed by atoms with van der Waals surface area (Å²) in [5.41, 5.74) is 0.337. The largest absolute Gasteiger partial charge is 0.383 e. The molecule has 1 atom stereocenters. The minimum Gasteiger partial charge on any atom is -0.383 e. The van der Waals surface area contributed by atoms with Gasteiger partial charge in [-0.05, 0) is 18.8 Å². The molecule has 0 bridgehead atoms. The molecule has 1 rings (SSSR count). The van der Waals surface area contributed by atoms with Gasteiger partial charge in [-0.2, -0.15) is 0 Å². The van der Waals surface area contributed by atoms with Crippen molar-refractivity contribution in [2.45, 2.75) is 52.1 Å². The first-order chi connectivity index (χ1) is 8.09. The zero-order valence-electron chi connectivity index (χ0n) is 12.3. The number of ether oxygens (including phenoxy) is 1. The quantitative estimate of drug-likeness (QED) is 0.772. The summed E-state index contributed by atoms with van der Waals surface area (Å²) in [7, 11) is 1.79.